The minimum Gasteiger partial charge on any atom is -0.472 e. The highest BCUT2D eigenvalue weighted by atomic mass is 16.7. The zero-order chi connectivity index (χ0) is 36.3. The van der Waals surface area contributed by atoms with Gasteiger partial charge in [-0.1, -0.05) is 33.8 Å². The fourth-order valence-corrected chi connectivity index (χ4v) is 11.7. The van der Waals surface area contributed by atoms with E-state index >= 15 is 0 Å². The number of rotatable bonds is 6. The number of hydrogen-bond acceptors (Lipinski definition) is 13. The molecule has 13 heteroatoms. The van der Waals surface area contributed by atoms with Gasteiger partial charge >= 0.3 is 29.8 Å². The summed E-state index contributed by atoms with van der Waals surface area (Å²) in [7, 11) is 0. The zero-order valence-corrected chi connectivity index (χ0v) is 29.9. The molecule has 3 saturated heterocycles. The highest BCUT2D eigenvalue weighted by Crippen LogP contribution is 2.81. The average Bonchev–Trinajstić information content (AvgIpc) is 3.40. The van der Waals surface area contributed by atoms with Crippen molar-refractivity contribution in [2.45, 2.75) is 123 Å². The van der Waals surface area contributed by atoms with Crippen LogP contribution in [0.1, 0.15) is 86.8 Å². The average molecular weight is 699 g/mol. The van der Waals surface area contributed by atoms with E-state index in [4.69, 9.17) is 37.6 Å². The van der Waals surface area contributed by atoms with Gasteiger partial charge in [0.25, 0.3) is 0 Å². The first-order chi connectivity index (χ1) is 23.4. The lowest BCUT2D eigenvalue weighted by molar-refractivity contribution is -0.326. The van der Waals surface area contributed by atoms with Crippen LogP contribution in [0.3, 0.4) is 0 Å². The minimum absolute atomic E-state index is 0.130. The largest absolute Gasteiger partial charge is 0.472 e. The molecule has 0 amide bonds. The molecular weight excluding hydrogens is 652 g/mol. The molecule has 1 spiro atoms. The molecule has 3 aliphatic heterocycles. The van der Waals surface area contributed by atoms with Gasteiger partial charge in [-0.15, -0.1) is 0 Å². The van der Waals surface area contributed by atoms with Crippen LogP contribution in [0, 0.1) is 33.5 Å². The summed E-state index contributed by atoms with van der Waals surface area (Å²) < 4.78 is 49.9. The van der Waals surface area contributed by atoms with Crippen LogP contribution in [0.15, 0.2) is 34.7 Å². The Labute approximate surface area is 290 Å². The Bertz CT molecular complexity index is 1670. The third-order valence-electron chi connectivity index (χ3n) is 13.4. The van der Waals surface area contributed by atoms with Crippen molar-refractivity contribution in [2.24, 2.45) is 33.5 Å². The van der Waals surface area contributed by atoms with Crippen molar-refractivity contribution in [3.63, 3.8) is 0 Å². The number of hydrogen-bond donors (Lipinski definition) is 0. The maximum atomic E-state index is 13.8. The van der Waals surface area contributed by atoms with Crippen molar-refractivity contribution in [1.29, 1.82) is 0 Å². The van der Waals surface area contributed by atoms with E-state index in [0.29, 0.717) is 11.1 Å². The highest BCUT2D eigenvalue weighted by molar-refractivity contribution is 5.87. The van der Waals surface area contributed by atoms with Crippen LogP contribution in [0.5, 0.6) is 0 Å². The van der Waals surface area contributed by atoms with Crippen molar-refractivity contribution in [1.82, 2.24) is 0 Å². The monoisotopic (exact) mass is 698 g/mol. The summed E-state index contributed by atoms with van der Waals surface area (Å²) in [4.78, 5) is 66.2. The lowest BCUT2D eigenvalue weighted by atomic mass is 9.33. The molecule has 7 rings (SSSR count). The molecule has 0 N–H and O–H groups in total. The Morgan fingerprint density at radius 1 is 0.880 bits per heavy atom. The third-order valence-corrected chi connectivity index (χ3v) is 13.4. The molecule has 0 aromatic carbocycles. The van der Waals surface area contributed by atoms with Crippen molar-refractivity contribution < 1.29 is 61.5 Å². The Morgan fingerprint density at radius 2 is 1.56 bits per heavy atom. The number of epoxide rings is 1. The fraction of sp³-hybridized carbons (Fsp3) is 0.703. The number of carbonyl (C=O) groups is 5. The second-order valence-corrected chi connectivity index (χ2v) is 16.0. The molecule has 272 valence electrons. The maximum absolute atomic E-state index is 13.8. The van der Waals surface area contributed by atoms with Crippen LogP contribution in [0.25, 0.3) is 0 Å². The van der Waals surface area contributed by atoms with E-state index < -0.39 is 112 Å². The summed E-state index contributed by atoms with van der Waals surface area (Å²) in [5.41, 5.74) is -4.51. The number of allylic oxidation sites excluding steroid dienone is 1. The lowest BCUT2D eigenvalue weighted by Crippen LogP contribution is -2.81. The summed E-state index contributed by atoms with van der Waals surface area (Å²) in [5, 5.41) is 0. The Kier molecular flexibility index (Phi) is 7.74. The molecule has 0 unspecified atom stereocenters. The van der Waals surface area contributed by atoms with Gasteiger partial charge in [-0.05, 0) is 26.3 Å². The van der Waals surface area contributed by atoms with E-state index in [2.05, 4.69) is 0 Å². The van der Waals surface area contributed by atoms with Crippen LogP contribution in [-0.2, 0) is 57.1 Å². The summed E-state index contributed by atoms with van der Waals surface area (Å²) in [6, 6.07) is 1.72. The van der Waals surface area contributed by atoms with Gasteiger partial charge in [-0.2, -0.15) is 0 Å². The number of ether oxygens (including phenoxy) is 7. The van der Waals surface area contributed by atoms with E-state index in [1.165, 1.54) is 33.3 Å². The number of fused-ring (bicyclic) bond motifs is 2. The zero-order valence-electron chi connectivity index (χ0n) is 29.9. The highest BCUT2D eigenvalue weighted by Gasteiger charge is 2.92. The second kappa shape index (κ2) is 11.1. The summed E-state index contributed by atoms with van der Waals surface area (Å²) in [6.07, 6.45) is -1.24. The van der Waals surface area contributed by atoms with Crippen LogP contribution in [0.2, 0.25) is 0 Å². The van der Waals surface area contributed by atoms with Crippen molar-refractivity contribution in [3.05, 3.63) is 35.8 Å². The van der Waals surface area contributed by atoms with Gasteiger partial charge in [0.2, 0.25) is 0 Å². The molecule has 0 bridgehead atoms. The van der Waals surface area contributed by atoms with E-state index in [-0.39, 0.29) is 19.4 Å². The van der Waals surface area contributed by atoms with Crippen molar-refractivity contribution in [2.75, 3.05) is 6.61 Å². The van der Waals surface area contributed by atoms with Crippen molar-refractivity contribution in [3.8, 4) is 0 Å². The van der Waals surface area contributed by atoms with Crippen molar-refractivity contribution >= 4 is 29.8 Å². The van der Waals surface area contributed by atoms with Crippen LogP contribution >= 0.6 is 0 Å². The molecular formula is C37H46O13. The van der Waals surface area contributed by atoms with E-state index in [0.717, 1.165) is 0 Å². The fourth-order valence-electron chi connectivity index (χ4n) is 11.7. The molecule has 4 heterocycles. The normalized spacial score (nSPS) is 46.9. The molecule has 3 aliphatic carbocycles. The standard InChI is InChI=1S/C37H46O13/c1-10-17(2)31(41)48-23-13-24(46-19(4)39)35(8)26-22(45-18(3)38)14-34(7)28(21-11-12-43-15-21)49-32(42)30-37(34,50-30)36(26,9)29(47-20(5)40)25-27(35)33(23,6)16-44-25/h10-12,15,22-30H,13-14,16H2,1-9H3/b17-10+/t22-,23+,24-,25+,26+,27-,28-,29+,30+,33+,34-,35+,36-,37+/m0/s1. The van der Waals surface area contributed by atoms with E-state index in [1.54, 1.807) is 26.0 Å². The number of cyclic esters (lactones) is 1. The molecule has 0 radical (unpaired) electrons. The molecule has 6 fully saturated rings. The SMILES string of the molecule is C/C=C(\C)C(=O)O[C@@H]1C[C@H](OC(C)=O)[C@]2(C)[C@H]3[C@@H](OC(C)=O)C[C@@]4(C)[C@H](c5ccoc5)OC(=O)[C@H]5O[C@]54[C@]3(C)[C@H](OC(C)=O)[C@@H]3OC[C@@]1(C)[C@H]32. The number of furan rings is 1. The molecule has 1 aromatic rings. The molecule has 3 saturated carbocycles. The minimum atomic E-state index is -1.30. The van der Waals surface area contributed by atoms with E-state index in [1.807, 2.05) is 27.7 Å². The first-order valence-electron chi connectivity index (χ1n) is 17.3. The maximum Gasteiger partial charge on any atom is 0.339 e. The third kappa shape index (κ3) is 4.28. The van der Waals surface area contributed by atoms with Crippen LogP contribution in [0.4, 0.5) is 0 Å². The predicted octanol–water partition coefficient (Wildman–Crippen LogP) is 4.17. The Balaban J connectivity index is 1.48. The Hall–Kier alpha value is -3.71. The molecule has 1 aromatic heterocycles. The summed E-state index contributed by atoms with van der Waals surface area (Å²) >= 11 is 0. The predicted molar refractivity (Wildman–Crippen MR) is 169 cm³/mol. The second-order valence-electron chi connectivity index (χ2n) is 16.0. The molecule has 14 atom stereocenters. The van der Waals surface area contributed by atoms with Gasteiger partial charge < -0.3 is 37.6 Å². The number of carbonyl (C=O) groups excluding carboxylic acids is 5. The molecule has 13 nitrogen and oxygen atoms in total. The first kappa shape index (κ1) is 34.7. The van der Waals surface area contributed by atoms with Crippen LogP contribution in [-0.4, -0.2) is 78.7 Å². The summed E-state index contributed by atoms with van der Waals surface area (Å²) in [6.45, 7) is 15.3. The van der Waals surface area contributed by atoms with Gasteiger partial charge in [0, 0.05) is 71.8 Å². The van der Waals surface area contributed by atoms with Gasteiger partial charge in [0.15, 0.2) is 6.10 Å². The number of esters is 5. The van der Waals surface area contributed by atoms with Gasteiger partial charge in [-0.3, -0.25) is 14.4 Å². The quantitative estimate of drug-likeness (QED) is 0.180. The van der Waals surface area contributed by atoms with Crippen LogP contribution < -0.4 is 0 Å². The van der Waals surface area contributed by atoms with Gasteiger partial charge in [0.1, 0.15) is 36.1 Å². The van der Waals surface area contributed by atoms with Gasteiger partial charge in [0.05, 0.1) is 25.2 Å². The smallest absolute Gasteiger partial charge is 0.339 e. The van der Waals surface area contributed by atoms with E-state index in [9.17, 15) is 24.0 Å². The summed E-state index contributed by atoms with van der Waals surface area (Å²) in [5.74, 6) is -4.00. The first-order valence-corrected chi connectivity index (χ1v) is 17.3. The molecule has 6 aliphatic rings. The molecule has 50 heavy (non-hydrogen) atoms. The van der Waals surface area contributed by atoms with Gasteiger partial charge in [-0.25, -0.2) is 9.59 Å². The topological polar surface area (TPSA) is 166 Å². The Morgan fingerprint density at radius 3 is 2.16 bits per heavy atom. The lowest BCUT2D eigenvalue weighted by Gasteiger charge is -2.72.